The maximum Gasteiger partial charge on any atom is 0.274 e. The zero-order valence-corrected chi connectivity index (χ0v) is 17.3. The molecule has 3 aromatic rings. The van der Waals surface area contributed by atoms with Gasteiger partial charge in [0.05, 0.1) is 0 Å². The summed E-state index contributed by atoms with van der Waals surface area (Å²) in [7, 11) is 0. The zero-order valence-electron chi connectivity index (χ0n) is 17.3. The molecule has 0 atom stereocenters. The molecule has 0 aliphatic heterocycles. The van der Waals surface area contributed by atoms with Crippen LogP contribution in [0.3, 0.4) is 0 Å². The van der Waals surface area contributed by atoms with Crippen LogP contribution >= 0.6 is 0 Å². The lowest BCUT2D eigenvalue weighted by molar-refractivity contribution is 0.102. The van der Waals surface area contributed by atoms with Crippen LogP contribution in [0.4, 0.5) is 17.1 Å². The van der Waals surface area contributed by atoms with Gasteiger partial charge in [0.15, 0.2) is 0 Å². The molecule has 0 aliphatic carbocycles. The number of hydrogen-bond acceptors (Lipinski definition) is 4. The largest absolute Gasteiger partial charge is 0.381 e. The van der Waals surface area contributed by atoms with Gasteiger partial charge in [0.25, 0.3) is 5.91 Å². The van der Waals surface area contributed by atoms with E-state index >= 15 is 0 Å². The number of nitrogens with zero attached hydrogens (tertiary/aromatic N) is 2. The van der Waals surface area contributed by atoms with E-state index < -0.39 is 0 Å². The van der Waals surface area contributed by atoms with Gasteiger partial charge in [-0.2, -0.15) is 0 Å². The van der Waals surface area contributed by atoms with Crippen LogP contribution in [0, 0.1) is 6.92 Å². The van der Waals surface area contributed by atoms with E-state index in [2.05, 4.69) is 52.6 Å². The summed E-state index contributed by atoms with van der Waals surface area (Å²) in [5, 5.41) is 6.32. The molecule has 5 heteroatoms. The number of aromatic nitrogens is 1. The number of nitrogens with one attached hydrogen (secondary N) is 2. The number of pyridine rings is 1. The first-order chi connectivity index (χ1) is 14.1. The van der Waals surface area contributed by atoms with Crippen molar-refractivity contribution in [1.82, 2.24) is 4.98 Å². The molecular weight excluding hydrogens is 360 g/mol. The van der Waals surface area contributed by atoms with Crippen molar-refractivity contribution in [3.05, 3.63) is 83.7 Å². The third-order valence-electron chi connectivity index (χ3n) is 4.92. The summed E-state index contributed by atoms with van der Waals surface area (Å²) in [6.45, 7) is 8.88. The normalized spacial score (nSPS) is 10.4. The van der Waals surface area contributed by atoms with E-state index in [0.29, 0.717) is 12.2 Å². The summed E-state index contributed by atoms with van der Waals surface area (Å²) in [6.07, 6.45) is 1.65. The SMILES string of the molecule is CCN(CC)c1ccc(NC(=O)c2cc(NCc3ccccc3)ccn2)c(C)c1. The van der Waals surface area contributed by atoms with Crippen molar-refractivity contribution in [2.75, 3.05) is 28.6 Å². The first-order valence-electron chi connectivity index (χ1n) is 10.0. The molecule has 1 heterocycles. The number of aryl methyl sites for hydroxylation is 1. The van der Waals surface area contributed by atoms with Crippen LogP contribution in [-0.4, -0.2) is 24.0 Å². The highest BCUT2D eigenvalue weighted by Crippen LogP contribution is 2.23. The van der Waals surface area contributed by atoms with Crippen LogP contribution in [0.5, 0.6) is 0 Å². The second-order valence-electron chi connectivity index (χ2n) is 6.89. The highest BCUT2D eigenvalue weighted by molar-refractivity contribution is 6.03. The lowest BCUT2D eigenvalue weighted by atomic mass is 10.1. The van der Waals surface area contributed by atoms with Gasteiger partial charge in [0.1, 0.15) is 5.69 Å². The number of anilines is 3. The summed E-state index contributed by atoms with van der Waals surface area (Å²) < 4.78 is 0. The summed E-state index contributed by atoms with van der Waals surface area (Å²) in [4.78, 5) is 19.2. The second kappa shape index (κ2) is 9.73. The second-order valence-corrected chi connectivity index (χ2v) is 6.89. The molecule has 1 aromatic heterocycles. The fourth-order valence-corrected chi connectivity index (χ4v) is 3.22. The fraction of sp³-hybridized carbons (Fsp3) is 0.250. The molecule has 2 N–H and O–H groups in total. The van der Waals surface area contributed by atoms with Gasteiger partial charge in [0.2, 0.25) is 0 Å². The Kier molecular flexibility index (Phi) is 6.85. The van der Waals surface area contributed by atoms with Gasteiger partial charge in [-0.25, -0.2) is 0 Å². The summed E-state index contributed by atoms with van der Waals surface area (Å²) in [6, 6.07) is 19.9. The van der Waals surface area contributed by atoms with E-state index in [1.165, 1.54) is 5.56 Å². The Bertz CT molecular complexity index is 952. The molecule has 0 saturated heterocycles. The molecule has 0 saturated carbocycles. The van der Waals surface area contributed by atoms with E-state index in [9.17, 15) is 4.79 Å². The maximum absolute atomic E-state index is 12.7. The Hall–Kier alpha value is -3.34. The minimum atomic E-state index is -0.216. The molecule has 1 amide bonds. The third kappa shape index (κ3) is 5.35. The number of rotatable bonds is 8. The van der Waals surface area contributed by atoms with Crippen molar-refractivity contribution < 1.29 is 4.79 Å². The van der Waals surface area contributed by atoms with E-state index in [4.69, 9.17) is 0 Å². The topological polar surface area (TPSA) is 57.3 Å². The zero-order chi connectivity index (χ0) is 20.6. The van der Waals surface area contributed by atoms with E-state index in [1.54, 1.807) is 12.3 Å². The molecular formula is C24H28N4O. The van der Waals surface area contributed by atoms with Crippen LogP contribution in [-0.2, 0) is 6.54 Å². The molecule has 2 aromatic carbocycles. The van der Waals surface area contributed by atoms with Crippen molar-refractivity contribution in [1.29, 1.82) is 0 Å². The predicted octanol–water partition coefficient (Wildman–Crippen LogP) is 5.10. The van der Waals surface area contributed by atoms with Crippen LogP contribution in [0.25, 0.3) is 0 Å². The highest BCUT2D eigenvalue weighted by Gasteiger charge is 2.11. The molecule has 0 fully saturated rings. The molecule has 0 aliphatic rings. The molecule has 0 radical (unpaired) electrons. The van der Waals surface area contributed by atoms with Crippen molar-refractivity contribution in [3.63, 3.8) is 0 Å². The van der Waals surface area contributed by atoms with Crippen molar-refractivity contribution >= 4 is 23.0 Å². The molecule has 5 nitrogen and oxygen atoms in total. The number of amides is 1. The molecule has 0 unspecified atom stereocenters. The molecule has 0 bridgehead atoms. The number of carbonyl (C=O) groups excluding carboxylic acids is 1. The molecule has 0 spiro atoms. The Morgan fingerprint density at radius 3 is 2.45 bits per heavy atom. The predicted molar refractivity (Wildman–Crippen MR) is 121 cm³/mol. The Morgan fingerprint density at radius 1 is 1.00 bits per heavy atom. The minimum Gasteiger partial charge on any atom is -0.381 e. The first-order valence-corrected chi connectivity index (χ1v) is 10.0. The lowest BCUT2D eigenvalue weighted by Crippen LogP contribution is -2.22. The number of hydrogen-bond donors (Lipinski definition) is 2. The van der Waals surface area contributed by atoms with Crippen molar-refractivity contribution in [2.24, 2.45) is 0 Å². The Morgan fingerprint density at radius 2 is 1.76 bits per heavy atom. The van der Waals surface area contributed by atoms with E-state index in [-0.39, 0.29) is 5.91 Å². The van der Waals surface area contributed by atoms with Crippen molar-refractivity contribution in [2.45, 2.75) is 27.3 Å². The Labute approximate surface area is 172 Å². The van der Waals surface area contributed by atoms with Crippen LogP contribution in [0.15, 0.2) is 66.9 Å². The van der Waals surface area contributed by atoms with Crippen LogP contribution < -0.4 is 15.5 Å². The summed E-state index contributed by atoms with van der Waals surface area (Å²) in [5.74, 6) is -0.216. The molecule has 3 rings (SSSR count). The van der Waals surface area contributed by atoms with Gasteiger partial charge in [-0.15, -0.1) is 0 Å². The van der Waals surface area contributed by atoms with Gasteiger partial charge < -0.3 is 15.5 Å². The summed E-state index contributed by atoms with van der Waals surface area (Å²) in [5.41, 5.74) is 5.42. The highest BCUT2D eigenvalue weighted by atomic mass is 16.1. The monoisotopic (exact) mass is 388 g/mol. The number of benzene rings is 2. The fourth-order valence-electron chi connectivity index (χ4n) is 3.22. The van der Waals surface area contributed by atoms with Gasteiger partial charge in [0, 0.05) is 42.9 Å². The van der Waals surface area contributed by atoms with Gasteiger partial charge in [-0.05, 0) is 62.2 Å². The Balaban J connectivity index is 1.68. The van der Waals surface area contributed by atoms with E-state index in [1.807, 2.05) is 43.3 Å². The smallest absolute Gasteiger partial charge is 0.274 e. The van der Waals surface area contributed by atoms with Gasteiger partial charge in [-0.1, -0.05) is 30.3 Å². The maximum atomic E-state index is 12.7. The van der Waals surface area contributed by atoms with E-state index in [0.717, 1.165) is 35.7 Å². The molecule has 150 valence electrons. The van der Waals surface area contributed by atoms with Crippen LogP contribution in [0.1, 0.15) is 35.5 Å². The first kappa shape index (κ1) is 20.4. The third-order valence-corrected chi connectivity index (χ3v) is 4.92. The lowest BCUT2D eigenvalue weighted by Gasteiger charge is -2.22. The minimum absolute atomic E-state index is 0.216. The average Bonchev–Trinajstić information content (AvgIpc) is 2.76. The molecule has 29 heavy (non-hydrogen) atoms. The average molecular weight is 389 g/mol. The number of carbonyl (C=O) groups is 1. The van der Waals surface area contributed by atoms with Gasteiger partial charge >= 0.3 is 0 Å². The quantitative estimate of drug-likeness (QED) is 0.564. The summed E-state index contributed by atoms with van der Waals surface area (Å²) >= 11 is 0. The van der Waals surface area contributed by atoms with Gasteiger partial charge in [-0.3, -0.25) is 9.78 Å². The van der Waals surface area contributed by atoms with Crippen LogP contribution in [0.2, 0.25) is 0 Å². The standard InChI is InChI=1S/C24H28N4O/c1-4-28(5-2)21-11-12-22(18(3)15-21)27-24(29)23-16-20(13-14-25-23)26-17-19-9-7-6-8-10-19/h6-16H,4-5,17H2,1-3H3,(H,25,26)(H,27,29). The van der Waals surface area contributed by atoms with Crippen molar-refractivity contribution in [3.8, 4) is 0 Å².